The maximum absolute atomic E-state index is 13.6. The van der Waals surface area contributed by atoms with Crippen molar-refractivity contribution in [2.45, 2.75) is 6.42 Å². The molecule has 4 rings (SSSR count). The number of benzene rings is 2. The van der Waals surface area contributed by atoms with Gasteiger partial charge in [0.15, 0.2) is 0 Å². The highest BCUT2D eigenvalue weighted by Gasteiger charge is 2.26. The molecule has 33 heavy (non-hydrogen) atoms. The van der Waals surface area contributed by atoms with E-state index in [4.69, 9.17) is 10.3 Å². The van der Waals surface area contributed by atoms with E-state index in [2.05, 4.69) is 15.4 Å². The van der Waals surface area contributed by atoms with E-state index in [0.29, 0.717) is 47.8 Å². The summed E-state index contributed by atoms with van der Waals surface area (Å²) < 4.78 is 18.7. The predicted octanol–water partition coefficient (Wildman–Crippen LogP) is 4.22. The number of nitrogens with one attached hydrogen (secondary N) is 3. The first-order chi connectivity index (χ1) is 16.0. The van der Waals surface area contributed by atoms with Gasteiger partial charge in [0.25, 0.3) is 11.5 Å². The largest absolute Gasteiger partial charge is 0.384 e. The van der Waals surface area contributed by atoms with Crippen LogP contribution in [0.5, 0.6) is 0 Å². The van der Waals surface area contributed by atoms with Crippen molar-refractivity contribution in [2.75, 3.05) is 32.1 Å². The Morgan fingerprint density at radius 1 is 1.30 bits per heavy atom. The fourth-order valence-corrected chi connectivity index (χ4v) is 3.97. The second kappa shape index (κ2) is 9.74. The molecule has 1 amide bonds. The molecule has 1 aliphatic heterocycles. The number of carbonyl (C=O) groups excluding carboxylic acids is 1. The topological polar surface area (TPSA) is 111 Å². The molecule has 8 nitrogen and oxygen atoms in total. The van der Waals surface area contributed by atoms with Gasteiger partial charge in [0, 0.05) is 54.5 Å². The number of anilines is 1. The highest BCUT2D eigenvalue weighted by molar-refractivity contribution is 5.94. The van der Waals surface area contributed by atoms with Crippen LogP contribution in [0.1, 0.15) is 22.3 Å². The number of fused-ring (bicyclic) bond motifs is 1. The smallest absolute Gasteiger partial charge is 0.258 e. The maximum atomic E-state index is 13.6. The van der Waals surface area contributed by atoms with Crippen molar-refractivity contribution in [3.8, 4) is 0 Å². The summed E-state index contributed by atoms with van der Waals surface area (Å²) in [5, 5.41) is 6.94. The molecular weight excluding hydrogens is 425 g/mol. The fraction of sp³-hybridized carbons (Fsp3) is 0.250. The third-order valence-electron chi connectivity index (χ3n) is 5.69. The van der Waals surface area contributed by atoms with E-state index in [0.717, 1.165) is 6.42 Å². The van der Waals surface area contributed by atoms with Crippen molar-refractivity contribution in [1.82, 2.24) is 9.88 Å². The van der Waals surface area contributed by atoms with Crippen LogP contribution >= 0.6 is 0 Å². The number of carbonyl (C=O) groups is 1. The van der Waals surface area contributed by atoms with Gasteiger partial charge >= 0.3 is 0 Å². The second-order valence-corrected chi connectivity index (χ2v) is 7.97. The lowest BCUT2D eigenvalue weighted by Gasteiger charge is -2.16. The lowest BCUT2D eigenvalue weighted by Crippen LogP contribution is -2.29. The van der Waals surface area contributed by atoms with E-state index >= 15 is 0 Å². The summed E-state index contributed by atoms with van der Waals surface area (Å²) in [6, 6.07) is 12.5. The van der Waals surface area contributed by atoms with Crippen LogP contribution in [0.15, 0.2) is 64.6 Å². The van der Waals surface area contributed by atoms with Gasteiger partial charge in [-0.3, -0.25) is 9.59 Å². The number of hydrogen-bond donors (Lipinski definition) is 3. The number of ether oxygens (including phenoxy) is 1. The number of halogens is 1. The second-order valence-electron chi connectivity index (χ2n) is 7.97. The summed E-state index contributed by atoms with van der Waals surface area (Å²) in [6.45, 7) is 2.06. The standard InChI is InChI=1S/C24H24FN5O3/c1-33-14-15-8-9-30(13-15)24(32)16-2-5-19(6-3-16)27-12-22(29-26)20-11-17-10-18(25)4-7-21(17)28-23(20)31/h2-7,10-12,15,26-27H,8-9,13-14H2,1H3,(H,28,31)/b22-12-,29-26?/t15-/m1/s1. The molecule has 0 unspecified atom stereocenters. The molecule has 3 N–H and O–H groups in total. The number of aromatic amines is 1. The van der Waals surface area contributed by atoms with Crippen LogP contribution in [0.3, 0.4) is 0 Å². The zero-order valence-electron chi connectivity index (χ0n) is 18.1. The fourth-order valence-electron chi connectivity index (χ4n) is 3.97. The van der Waals surface area contributed by atoms with E-state index in [1.165, 1.54) is 30.5 Å². The Balaban J connectivity index is 1.48. The quantitative estimate of drug-likeness (QED) is 0.469. The number of amides is 1. The average Bonchev–Trinajstić information content (AvgIpc) is 3.29. The van der Waals surface area contributed by atoms with Gasteiger partial charge in [-0.15, -0.1) is 0 Å². The van der Waals surface area contributed by atoms with Crippen molar-refractivity contribution < 1.29 is 13.9 Å². The van der Waals surface area contributed by atoms with Gasteiger partial charge in [0.2, 0.25) is 0 Å². The number of methoxy groups -OCH3 is 1. The van der Waals surface area contributed by atoms with Crippen molar-refractivity contribution in [3.63, 3.8) is 0 Å². The molecule has 9 heteroatoms. The van der Waals surface area contributed by atoms with E-state index in [1.807, 2.05) is 4.90 Å². The molecule has 0 aliphatic carbocycles. The normalized spacial score (nSPS) is 16.2. The average molecular weight is 449 g/mol. The zero-order chi connectivity index (χ0) is 23.4. The molecule has 170 valence electrons. The van der Waals surface area contributed by atoms with Gasteiger partial charge in [-0.25, -0.2) is 9.92 Å². The third kappa shape index (κ3) is 4.98. The minimum atomic E-state index is -0.434. The van der Waals surface area contributed by atoms with Crippen LogP contribution in [-0.2, 0) is 4.74 Å². The number of hydrogen-bond acceptors (Lipinski definition) is 6. The molecule has 2 heterocycles. The SMILES string of the molecule is COC[C@@H]1CCN(C(=O)c2ccc(N/C=C(\N=N)c3cc4cc(F)ccc4[nH]c3=O)cc2)C1. The van der Waals surface area contributed by atoms with Gasteiger partial charge in [-0.2, -0.15) is 5.11 Å². The molecule has 0 radical (unpaired) electrons. The van der Waals surface area contributed by atoms with Crippen LogP contribution in [0.2, 0.25) is 0 Å². The molecule has 1 aromatic heterocycles. The summed E-state index contributed by atoms with van der Waals surface area (Å²) >= 11 is 0. The number of nitrogens with zero attached hydrogens (tertiary/aromatic N) is 2. The van der Waals surface area contributed by atoms with Crippen LogP contribution in [0.4, 0.5) is 10.1 Å². The van der Waals surface area contributed by atoms with Crippen LogP contribution in [0.25, 0.3) is 16.6 Å². The Morgan fingerprint density at radius 2 is 2.09 bits per heavy atom. The number of likely N-dealkylation sites (tertiary alicyclic amines) is 1. The van der Waals surface area contributed by atoms with Gasteiger partial charge in [-0.1, -0.05) is 0 Å². The number of aromatic nitrogens is 1. The summed E-state index contributed by atoms with van der Waals surface area (Å²) in [4.78, 5) is 29.7. The molecule has 1 atom stereocenters. The van der Waals surface area contributed by atoms with Crippen molar-refractivity contribution in [2.24, 2.45) is 11.0 Å². The Kier molecular flexibility index (Phi) is 6.60. The first-order valence-corrected chi connectivity index (χ1v) is 10.5. The number of pyridine rings is 1. The Morgan fingerprint density at radius 3 is 2.82 bits per heavy atom. The highest BCUT2D eigenvalue weighted by Crippen LogP contribution is 2.21. The molecule has 3 aromatic rings. The van der Waals surface area contributed by atoms with E-state index in [-0.39, 0.29) is 17.2 Å². The van der Waals surface area contributed by atoms with Crippen molar-refractivity contribution >= 4 is 28.2 Å². The molecule has 0 spiro atoms. The Hall–Kier alpha value is -3.85. The molecule has 0 saturated carbocycles. The van der Waals surface area contributed by atoms with Crippen LogP contribution in [0, 0.1) is 17.3 Å². The number of rotatable bonds is 7. The van der Waals surface area contributed by atoms with E-state index in [9.17, 15) is 14.0 Å². The lowest BCUT2D eigenvalue weighted by molar-refractivity contribution is 0.0775. The third-order valence-corrected chi connectivity index (χ3v) is 5.69. The van der Waals surface area contributed by atoms with Gasteiger partial charge in [0.05, 0.1) is 12.2 Å². The maximum Gasteiger partial charge on any atom is 0.258 e. The molecule has 1 fully saturated rings. The summed E-state index contributed by atoms with van der Waals surface area (Å²) in [6.07, 6.45) is 2.36. The molecule has 0 bridgehead atoms. The van der Waals surface area contributed by atoms with Crippen LogP contribution < -0.4 is 10.9 Å². The van der Waals surface area contributed by atoms with Gasteiger partial charge in [-0.05, 0) is 55.0 Å². The summed E-state index contributed by atoms with van der Waals surface area (Å²) in [7, 11) is 1.67. The minimum absolute atomic E-state index is 0.0209. The number of H-pyrrole nitrogens is 1. The van der Waals surface area contributed by atoms with Crippen molar-refractivity contribution in [1.29, 1.82) is 5.53 Å². The molecule has 2 aromatic carbocycles. The van der Waals surface area contributed by atoms with Gasteiger partial charge < -0.3 is 19.9 Å². The molecule has 1 aliphatic rings. The lowest BCUT2D eigenvalue weighted by atomic mass is 10.1. The van der Waals surface area contributed by atoms with E-state index in [1.54, 1.807) is 31.4 Å². The van der Waals surface area contributed by atoms with Crippen LogP contribution in [-0.4, -0.2) is 42.6 Å². The Bertz CT molecular complexity index is 1270. The minimum Gasteiger partial charge on any atom is -0.384 e. The highest BCUT2D eigenvalue weighted by atomic mass is 19.1. The van der Waals surface area contributed by atoms with Gasteiger partial charge in [0.1, 0.15) is 11.5 Å². The Labute approximate surface area is 189 Å². The monoisotopic (exact) mass is 449 g/mol. The summed E-state index contributed by atoms with van der Waals surface area (Å²) in [5.74, 6) is -0.0796. The summed E-state index contributed by atoms with van der Waals surface area (Å²) in [5.41, 5.74) is 9.01. The first-order valence-electron chi connectivity index (χ1n) is 10.5. The zero-order valence-corrected chi connectivity index (χ0v) is 18.1. The van der Waals surface area contributed by atoms with E-state index < -0.39 is 11.4 Å². The molecule has 1 saturated heterocycles. The predicted molar refractivity (Wildman–Crippen MR) is 124 cm³/mol. The first kappa shape index (κ1) is 22.3. The van der Waals surface area contributed by atoms with Crippen molar-refractivity contribution in [3.05, 3.63) is 82.0 Å². The molecular formula is C24H24FN5O3.